The summed E-state index contributed by atoms with van der Waals surface area (Å²) >= 11 is 1.49. The van der Waals surface area contributed by atoms with Crippen LogP contribution in [0.2, 0.25) is 0 Å². The molecule has 2 aliphatic carbocycles. The van der Waals surface area contributed by atoms with Gasteiger partial charge in [0.1, 0.15) is 10.8 Å². The summed E-state index contributed by atoms with van der Waals surface area (Å²) in [5.41, 5.74) is 8.76. The van der Waals surface area contributed by atoms with Crippen molar-refractivity contribution in [1.82, 2.24) is 0 Å². The standard InChI is InChI=1S/C27H36N2O3S/c1-27(2,3)19-11-14-21-22(15-19)33-26(24(21)25(28)31)29-23(30)16-32-20-12-9-18(10-13-20)17-7-5-4-6-8-17/h9-10,12-13,17,19H,4-8,11,14-16H2,1-3H3,(H2,28,31)(H,29,30)/t19-/m1/s1. The number of primary amides is 1. The molecule has 0 aliphatic heterocycles. The van der Waals surface area contributed by atoms with Gasteiger partial charge in [-0.05, 0) is 72.6 Å². The van der Waals surface area contributed by atoms with E-state index in [9.17, 15) is 9.59 Å². The van der Waals surface area contributed by atoms with Crippen LogP contribution in [0.25, 0.3) is 0 Å². The minimum Gasteiger partial charge on any atom is -0.484 e. The fourth-order valence-corrected chi connectivity index (χ4v) is 6.61. The third-order valence-corrected chi connectivity index (χ3v) is 8.49. The van der Waals surface area contributed by atoms with Crippen LogP contribution in [-0.4, -0.2) is 18.4 Å². The number of hydrogen-bond donors (Lipinski definition) is 2. The van der Waals surface area contributed by atoms with Gasteiger partial charge in [0.2, 0.25) is 0 Å². The molecule has 2 aromatic rings. The van der Waals surface area contributed by atoms with Gasteiger partial charge in [-0.3, -0.25) is 9.59 Å². The molecule has 0 saturated heterocycles. The van der Waals surface area contributed by atoms with Gasteiger partial charge in [-0.25, -0.2) is 0 Å². The lowest BCUT2D eigenvalue weighted by Crippen LogP contribution is -2.27. The normalized spacial score (nSPS) is 19.1. The van der Waals surface area contributed by atoms with Crippen LogP contribution in [0.3, 0.4) is 0 Å². The molecule has 5 nitrogen and oxygen atoms in total. The molecule has 4 rings (SSSR count). The van der Waals surface area contributed by atoms with Crippen LogP contribution in [0, 0.1) is 11.3 Å². The molecule has 1 heterocycles. The van der Waals surface area contributed by atoms with Crippen molar-refractivity contribution in [3.63, 3.8) is 0 Å². The maximum Gasteiger partial charge on any atom is 0.262 e. The minimum absolute atomic E-state index is 0.103. The molecule has 0 bridgehead atoms. The number of rotatable bonds is 6. The fraction of sp³-hybridized carbons (Fsp3) is 0.556. The van der Waals surface area contributed by atoms with Crippen LogP contribution in [0.15, 0.2) is 24.3 Å². The molecule has 1 aromatic carbocycles. The maximum atomic E-state index is 12.6. The molecule has 178 valence electrons. The maximum absolute atomic E-state index is 12.6. The highest BCUT2D eigenvalue weighted by Crippen LogP contribution is 2.44. The Labute approximate surface area is 201 Å². The Morgan fingerprint density at radius 2 is 1.79 bits per heavy atom. The largest absolute Gasteiger partial charge is 0.484 e. The molecule has 2 amide bonds. The minimum atomic E-state index is -0.476. The summed E-state index contributed by atoms with van der Waals surface area (Å²) in [6, 6.07) is 8.13. The molecule has 0 unspecified atom stereocenters. The summed E-state index contributed by atoms with van der Waals surface area (Å²) in [6.45, 7) is 6.67. The topological polar surface area (TPSA) is 81.4 Å². The second kappa shape index (κ2) is 9.88. The van der Waals surface area contributed by atoms with Crippen LogP contribution < -0.4 is 15.8 Å². The first-order valence-electron chi connectivity index (χ1n) is 12.2. The number of amides is 2. The number of fused-ring (bicyclic) bond motifs is 1. The van der Waals surface area contributed by atoms with E-state index in [0.717, 1.165) is 24.8 Å². The Bertz CT molecular complexity index is 998. The molecule has 3 N–H and O–H groups in total. The van der Waals surface area contributed by atoms with Gasteiger partial charge in [-0.2, -0.15) is 0 Å². The average molecular weight is 469 g/mol. The number of ether oxygens (including phenoxy) is 1. The van der Waals surface area contributed by atoms with Crippen molar-refractivity contribution in [1.29, 1.82) is 0 Å². The smallest absolute Gasteiger partial charge is 0.262 e. The van der Waals surface area contributed by atoms with E-state index in [1.807, 2.05) is 12.1 Å². The van der Waals surface area contributed by atoms with E-state index >= 15 is 0 Å². The van der Waals surface area contributed by atoms with Crippen molar-refractivity contribution in [2.45, 2.75) is 78.1 Å². The second-order valence-electron chi connectivity index (χ2n) is 10.6. The second-order valence-corrected chi connectivity index (χ2v) is 11.7. The van der Waals surface area contributed by atoms with E-state index < -0.39 is 5.91 Å². The van der Waals surface area contributed by atoms with Crippen molar-refractivity contribution < 1.29 is 14.3 Å². The highest BCUT2D eigenvalue weighted by Gasteiger charge is 2.33. The third kappa shape index (κ3) is 5.60. The molecule has 1 saturated carbocycles. The number of benzene rings is 1. The first-order chi connectivity index (χ1) is 15.7. The number of hydrogen-bond acceptors (Lipinski definition) is 4. The zero-order valence-electron chi connectivity index (χ0n) is 20.0. The monoisotopic (exact) mass is 468 g/mol. The van der Waals surface area contributed by atoms with Crippen molar-refractivity contribution in [3.8, 4) is 5.75 Å². The highest BCUT2D eigenvalue weighted by molar-refractivity contribution is 7.17. The summed E-state index contributed by atoms with van der Waals surface area (Å²) < 4.78 is 5.72. The number of carbonyl (C=O) groups excluding carboxylic acids is 2. The van der Waals surface area contributed by atoms with Gasteiger partial charge in [-0.15, -0.1) is 11.3 Å². The van der Waals surface area contributed by atoms with Crippen molar-refractivity contribution >= 4 is 28.2 Å². The molecule has 6 heteroatoms. The third-order valence-electron chi connectivity index (χ3n) is 7.32. The number of thiophene rings is 1. The molecule has 1 fully saturated rings. The predicted octanol–water partition coefficient (Wildman–Crippen LogP) is 6.06. The first kappa shape index (κ1) is 23.8. The van der Waals surface area contributed by atoms with Crippen molar-refractivity contribution in [2.24, 2.45) is 17.1 Å². The number of nitrogens with one attached hydrogen (secondary N) is 1. The quantitative estimate of drug-likeness (QED) is 0.540. The Hall–Kier alpha value is -2.34. The van der Waals surface area contributed by atoms with Crippen molar-refractivity contribution in [2.75, 3.05) is 11.9 Å². The molecule has 0 radical (unpaired) electrons. The van der Waals surface area contributed by atoms with Gasteiger partial charge in [-0.1, -0.05) is 52.2 Å². The van der Waals surface area contributed by atoms with Gasteiger partial charge < -0.3 is 15.8 Å². The Kier molecular flexibility index (Phi) is 7.13. The average Bonchev–Trinajstić information content (AvgIpc) is 3.15. The SMILES string of the molecule is CC(C)(C)[C@@H]1CCc2c(sc(NC(=O)COc3ccc(C4CCCCC4)cc3)c2C(N)=O)C1. The zero-order valence-corrected chi connectivity index (χ0v) is 20.9. The summed E-state index contributed by atoms with van der Waals surface area (Å²) in [6.07, 6.45) is 9.24. The van der Waals surface area contributed by atoms with Crippen LogP contribution in [0.4, 0.5) is 5.00 Å². The Morgan fingerprint density at radius 3 is 2.42 bits per heavy atom. The number of carbonyl (C=O) groups is 2. The van der Waals surface area contributed by atoms with Crippen molar-refractivity contribution in [3.05, 3.63) is 45.8 Å². The molecule has 1 atom stereocenters. The Balaban J connectivity index is 1.38. The van der Waals surface area contributed by atoms with Gasteiger partial charge in [0.15, 0.2) is 6.61 Å². The number of anilines is 1. The number of nitrogens with two attached hydrogens (primary N) is 1. The first-order valence-corrected chi connectivity index (χ1v) is 13.0. The molecule has 0 spiro atoms. The van der Waals surface area contributed by atoms with E-state index in [0.29, 0.717) is 28.1 Å². The molecule has 2 aliphatic rings. The lowest BCUT2D eigenvalue weighted by molar-refractivity contribution is -0.118. The predicted molar refractivity (Wildman–Crippen MR) is 134 cm³/mol. The van der Waals surface area contributed by atoms with Crippen LogP contribution in [-0.2, 0) is 17.6 Å². The molecule has 33 heavy (non-hydrogen) atoms. The molecule has 1 aromatic heterocycles. The van der Waals surface area contributed by atoms with Gasteiger partial charge in [0.05, 0.1) is 5.56 Å². The summed E-state index contributed by atoms with van der Waals surface area (Å²) in [7, 11) is 0. The van der Waals surface area contributed by atoms with E-state index in [4.69, 9.17) is 10.5 Å². The lowest BCUT2D eigenvalue weighted by Gasteiger charge is -2.33. The Morgan fingerprint density at radius 1 is 1.09 bits per heavy atom. The van der Waals surface area contributed by atoms with Gasteiger partial charge in [0, 0.05) is 4.88 Å². The highest BCUT2D eigenvalue weighted by atomic mass is 32.1. The summed E-state index contributed by atoms with van der Waals surface area (Å²) in [5, 5.41) is 3.45. The van der Waals surface area contributed by atoms with E-state index in [-0.39, 0.29) is 17.9 Å². The van der Waals surface area contributed by atoms with E-state index in [1.54, 1.807) is 0 Å². The summed E-state index contributed by atoms with van der Waals surface area (Å²) in [4.78, 5) is 26.0. The fourth-order valence-electron chi connectivity index (χ4n) is 5.26. The van der Waals surface area contributed by atoms with Crippen LogP contribution in [0.5, 0.6) is 5.75 Å². The molecular formula is C27H36N2O3S. The van der Waals surface area contributed by atoms with Crippen LogP contribution >= 0.6 is 11.3 Å². The summed E-state index contributed by atoms with van der Waals surface area (Å²) in [5.74, 6) is 1.12. The zero-order chi connectivity index (χ0) is 23.6. The van der Waals surface area contributed by atoms with Crippen LogP contribution in [0.1, 0.15) is 91.6 Å². The van der Waals surface area contributed by atoms with Gasteiger partial charge >= 0.3 is 0 Å². The van der Waals surface area contributed by atoms with E-state index in [1.165, 1.54) is 53.9 Å². The van der Waals surface area contributed by atoms with Gasteiger partial charge in [0.25, 0.3) is 11.8 Å². The lowest BCUT2D eigenvalue weighted by atomic mass is 9.72. The van der Waals surface area contributed by atoms with E-state index in [2.05, 4.69) is 38.2 Å². The molecular weight excluding hydrogens is 432 g/mol.